The molecular formula is C28H27N3O2S. The Hall–Kier alpha value is -3.56. The number of carbonyl (C=O) groups is 1. The highest BCUT2D eigenvalue weighted by atomic mass is 32.2. The van der Waals surface area contributed by atoms with Gasteiger partial charge in [-0.25, -0.2) is 0 Å². The minimum atomic E-state index is -0.0480. The van der Waals surface area contributed by atoms with Crippen LogP contribution in [0.3, 0.4) is 0 Å². The van der Waals surface area contributed by atoms with Gasteiger partial charge < -0.3 is 4.74 Å². The maximum atomic E-state index is 13.3. The molecule has 3 aromatic carbocycles. The van der Waals surface area contributed by atoms with Crippen LogP contribution in [0.5, 0.6) is 5.75 Å². The maximum absolute atomic E-state index is 13.3. The van der Waals surface area contributed by atoms with Gasteiger partial charge in [0.15, 0.2) is 5.17 Å². The predicted octanol–water partition coefficient (Wildman–Crippen LogP) is 6.38. The lowest BCUT2D eigenvalue weighted by atomic mass is 10.0. The molecule has 5 nitrogen and oxygen atoms in total. The van der Waals surface area contributed by atoms with Gasteiger partial charge in [0.25, 0.3) is 5.91 Å². The second-order valence-electron chi connectivity index (χ2n) is 8.64. The monoisotopic (exact) mass is 469 g/mol. The molecule has 0 atom stereocenters. The first-order valence-corrected chi connectivity index (χ1v) is 12.1. The number of amidine groups is 1. The number of amides is 1. The zero-order valence-electron chi connectivity index (χ0n) is 19.8. The predicted molar refractivity (Wildman–Crippen MR) is 140 cm³/mol. The van der Waals surface area contributed by atoms with Crippen LogP contribution >= 0.6 is 11.8 Å². The Labute approximate surface area is 204 Å². The van der Waals surface area contributed by atoms with E-state index in [0.29, 0.717) is 16.2 Å². The van der Waals surface area contributed by atoms with Gasteiger partial charge in [-0.15, -0.1) is 0 Å². The van der Waals surface area contributed by atoms with Gasteiger partial charge in [0.05, 0.1) is 16.5 Å². The van der Waals surface area contributed by atoms with Crippen LogP contribution in [-0.2, 0) is 11.4 Å². The molecule has 1 aliphatic heterocycles. The van der Waals surface area contributed by atoms with Crippen molar-refractivity contribution < 1.29 is 9.53 Å². The zero-order chi connectivity index (χ0) is 24.2. The number of benzene rings is 3. The van der Waals surface area contributed by atoms with Gasteiger partial charge in [-0.2, -0.15) is 5.26 Å². The smallest absolute Gasteiger partial charge is 0.266 e. The molecule has 1 heterocycles. The van der Waals surface area contributed by atoms with E-state index < -0.39 is 0 Å². The lowest BCUT2D eigenvalue weighted by Crippen LogP contribution is -2.35. The summed E-state index contributed by atoms with van der Waals surface area (Å²) in [5.41, 5.74) is 2.25. The molecule has 172 valence electrons. The fraction of sp³-hybridized carbons (Fsp3) is 0.250. The van der Waals surface area contributed by atoms with E-state index in [1.807, 2.05) is 88.4 Å². The topological polar surface area (TPSA) is 65.7 Å². The number of hydrogen-bond donors (Lipinski definition) is 0. The molecule has 0 saturated carbocycles. The number of aliphatic imine (C=N–C) groups is 1. The molecule has 0 aliphatic carbocycles. The van der Waals surface area contributed by atoms with Crippen LogP contribution in [0, 0.1) is 11.3 Å². The molecule has 0 bridgehead atoms. The van der Waals surface area contributed by atoms with Gasteiger partial charge in [0.1, 0.15) is 12.4 Å². The number of fused-ring (bicyclic) bond motifs is 1. The average Bonchev–Trinajstić information content (AvgIpc) is 3.12. The molecule has 6 heteroatoms. The summed E-state index contributed by atoms with van der Waals surface area (Å²) in [7, 11) is 0. The van der Waals surface area contributed by atoms with Crippen molar-refractivity contribution in [1.82, 2.24) is 4.90 Å². The average molecular weight is 470 g/mol. The highest BCUT2D eigenvalue weighted by Gasteiger charge is 2.35. The summed E-state index contributed by atoms with van der Waals surface area (Å²) in [6.45, 7) is 8.27. The van der Waals surface area contributed by atoms with E-state index >= 15 is 0 Å². The lowest BCUT2D eigenvalue weighted by Gasteiger charge is -2.20. The minimum Gasteiger partial charge on any atom is -0.488 e. The molecule has 0 N–H and O–H groups in total. The summed E-state index contributed by atoms with van der Waals surface area (Å²) in [5.74, 6) is 0.616. The van der Waals surface area contributed by atoms with Crippen LogP contribution in [0.25, 0.3) is 16.8 Å². The van der Waals surface area contributed by atoms with Crippen molar-refractivity contribution in [2.24, 2.45) is 4.99 Å². The molecule has 1 fully saturated rings. The van der Waals surface area contributed by atoms with Crippen LogP contribution in [0.4, 0.5) is 0 Å². The van der Waals surface area contributed by atoms with Gasteiger partial charge in [0, 0.05) is 23.2 Å². The minimum absolute atomic E-state index is 0.00845. The molecule has 34 heavy (non-hydrogen) atoms. The number of hydrogen-bond acceptors (Lipinski definition) is 5. The van der Waals surface area contributed by atoms with E-state index in [-0.39, 0.29) is 24.6 Å². The summed E-state index contributed by atoms with van der Waals surface area (Å²) in [4.78, 5) is 20.4. The molecule has 1 amide bonds. The van der Waals surface area contributed by atoms with Gasteiger partial charge in [-0.3, -0.25) is 14.7 Å². The lowest BCUT2D eigenvalue weighted by molar-refractivity contribution is -0.123. The fourth-order valence-electron chi connectivity index (χ4n) is 3.84. The van der Waals surface area contributed by atoms with Crippen molar-refractivity contribution in [2.75, 3.05) is 0 Å². The van der Waals surface area contributed by atoms with Gasteiger partial charge in [-0.1, -0.05) is 48.5 Å². The Morgan fingerprint density at radius 2 is 1.79 bits per heavy atom. The third-order valence-corrected chi connectivity index (χ3v) is 6.45. The largest absolute Gasteiger partial charge is 0.488 e. The molecular weight excluding hydrogens is 442 g/mol. The Morgan fingerprint density at radius 1 is 1.06 bits per heavy atom. The highest BCUT2D eigenvalue weighted by molar-refractivity contribution is 8.18. The summed E-state index contributed by atoms with van der Waals surface area (Å²) >= 11 is 1.41. The summed E-state index contributed by atoms with van der Waals surface area (Å²) < 4.78 is 6.22. The highest BCUT2D eigenvalue weighted by Crippen LogP contribution is 2.38. The summed E-state index contributed by atoms with van der Waals surface area (Å²) in [6.07, 6.45) is 1.92. The first-order valence-electron chi connectivity index (χ1n) is 11.3. The normalized spacial score (nSPS) is 16.3. The third-order valence-electron chi connectivity index (χ3n) is 5.45. The van der Waals surface area contributed by atoms with Crippen LogP contribution in [0.15, 0.2) is 70.6 Å². The number of rotatable bonds is 6. The van der Waals surface area contributed by atoms with Gasteiger partial charge >= 0.3 is 0 Å². The van der Waals surface area contributed by atoms with Crippen molar-refractivity contribution in [3.8, 4) is 11.8 Å². The van der Waals surface area contributed by atoms with Gasteiger partial charge in [0.2, 0.25) is 0 Å². The zero-order valence-corrected chi connectivity index (χ0v) is 20.6. The Balaban J connectivity index is 1.77. The second-order valence-corrected chi connectivity index (χ2v) is 9.65. The molecule has 1 aliphatic rings. The first-order chi connectivity index (χ1) is 16.4. The second kappa shape index (κ2) is 10.1. The fourth-order valence-corrected chi connectivity index (χ4v) is 5.06. The number of nitriles is 1. The van der Waals surface area contributed by atoms with Crippen LogP contribution in [-0.4, -0.2) is 28.1 Å². The number of thioether (sulfide) groups is 1. The molecule has 0 aromatic heterocycles. The molecule has 0 radical (unpaired) electrons. The molecule has 1 saturated heterocycles. The van der Waals surface area contributed by atoms with Crippen molar-refractivity contribution in [3.05, 3.63) is 82.3 Å². The van der Waals surface area contributed by atoms with E-state index in [1.165, 1.54) is 11.8 Å². The summed E-state index contributed by atoms with van der Waals surface area (Å²) in [6, 6.07) is 21.7. The Kier molecular flexibility index (Phi) is 7.04. The molecule has 3 aromatic rings. The Bertz CT molecular complexity index is 1330. The Morgan fingerprint density at radius 3 is 2.53 bits per heavy atom. The van der Waals surface area contributed by atoms with Crippen molar-refractivity contribution in [1.29, 1.82) is 5.26 Å². The first kappa shape index (κ1) is 23.6. The summed E-state index contributed by atoms with van der Waals surface area (Å²) in [5, 5.41) is 12.2. The van der Waals surface area contributed by atoms with E-state index in [2.05, 4.69) is 11.1 Å². The van der Waals surface area contributed by atoms with Crippen molar-refractivity contribution >= 4 is 39.7 Å². The van der Waals surface area contributed by atoms with E-state index in [0.717, 1.165) is 27.1 Å². The van der Waals surface area contributed by atoms with Crippen LogP contribution < -0.4 is 4.74 Å². The number of carbonyl (C=O) groups excluding carboxylic acids is 1. The van der Waals surface area contributed by atoms with Crippen molar-refractivity contribution in [2.45, 2.75) is 46.4 Å². The SMILES string of the molecule is CC(C)N=C1S/C(=C/c2c(OCc3ccccc3C#N)ccc3ccccc23)C(=O)N1C(C)C. The molecule has 4 rings (SSSR count). The number of ether oxygens (including phenoxy) is 1. The quantitative estimate of drug-likeness (QED) is 0.393. The molecule has 0 spiro atoms. The number of nitrogens with zero attached hydrogens (tertiary/aromatic N) is 3. The van der Waals surface area contributed by atoms with Crippen LogP contribution in [0.2, 0.25) is 0 Å². The molecule has 0 unspecified atom stereocenters. The van der Waals surface area contributed by atoms with Gasteiger partial charge in [-0.05, 0) is 68.4 Å². The van der Waals surface area contributed by atoms with Crippen LogP contribution in [0.1, 0.15) is 44.4 Å². The third kappa shape index (κ3) is 4.85. The standard InChI is InChI=1S/C28H27N3O2S/c1-18(2)30-28-31(19(3)4)27(32)26(34-28)15-24-23-12-8-7-9-20(23)13-14-25(24)33-17-22-11-6-5-10-21(22)16-29/h5-15,18-19H,17H2,1-4H3/b26-15+,30-28?. The maximum Gasteiger partial charge on any atom is 0.266 e. The van der Waals surface area contributed by atoms with Crippen molar-refractivity contribution in [3.63, 3.8) is 0 Å². The van der Waals surface area contributed by atoms with E-state index in [9.17, 15) is 10.1 Å². The van der Waals surface area contributed by atoms with E-state index in [1.54, 1.807) is 11.0 Å². The van der Waals surface area contributed by atoms with E-state index in [4.69, 9.17) is 4.74 Å².